The quantitative estimate of drug-likeness (QED) is 0.625. The average molecular weight is 225 g/mol. The monoisotopic (exact) mass is 225 g/mol. The highest BCUT2D eigenvalue weighted by atomic mass is 16.5. The van der Waals surface area contributed by atoms with E-state index in [1.54, 1.807) is 0 Å². The van der Waals surface area contributed by atoms with Gasteiger partial charge in [0, 0.05) is 7.05 Å². The fourth-order valence-corrected chi connectivity index (χ4v) is 2.22. The van der Waals surface area contributed by atoms with Crippen LogP contribution < -0.4 is 9.64 Å². The molecule has 0 saturated carbocycles. The number of hydrogen-bond donors (Lipinski definition) is 0. The zero-order valence-electron chi connectivity index (χ0n) is 9.89. The minimum atomic E-state index is 0.933. The number of para-hydroxylation sites is 2. The number of ether oxygens (including phenoxy) is 1. The van der Waals surface area contributed by atoms with Crippen LogP contribution >= 0.6 is 0 Å². The third-order valence-electron chi connectivity index (χ3n) is 3.11. The molecular weight excluding hydrogens is 210 g/mol. The molecule has 2 aliphatic rings. The topological polar surface area (TPSA) is 12.5 Å². The summed E-state index contributed by atoms with van der Waals surface area (Å²) in [6, 6.07) is 8.14. The predicted molar refractivity (Wildman–Crippen MR) is 70.0 cm³/mol. The number of hydrogen-bond acceptors (Lipinski definition) is 2. The maximum absolute atomic E-state index is 5.96. The number of allylic oxidation sites excluding steroid dienone is 4. The minimum absolute atomic E-state index is 0.933. The highest BCUT2D eigenvalue weighted by molar-refractivity contribution is 5.67. The second-order valence-electron chi connectivity index (χ2n) is 4.23. The predicted octanol–water partition coefficient (Wildman–Crippen LogP) is 3.63. The molecule has 0 radical (unpaired) electrons. The van der Waals surface area contributed by atoms with Gasteiger partial charge in [-0.15, -0.1) is 0 Å². The van der Waals surface area contributed by atoms with Crippen molar-refractivity contribution < 1.29 is 4.74 Å². The smallest absolute Gasteiger partial charge is 0.151 e. The van der Waals surface area contributed by atoms with Gasteiger partial charge < -0.3 is 9.64 Å². The molecule has 2 nitrogen and oxygen atoms in total. The van der Waals surface area contributed by atoms with Gasteiger partial charge in [-0.1, -0.05) is 30.4 Å². The third kappa shape index (κ3) is 1.76. The summed E-state index contributed by atoms with van der Waals surface area (Å²) in [5, 5.41) is 0. The number of fused-ring (bicyclic) bond motifs is 2. The van der Waals surface area contributed by atoms with Crippen LogP contribution in [0, 0.1) is 0 Å². The lowest BCUT2D eigenvalue weighted by Gasteiger charge is -2.32. The molecule has 1 aromatic rings. The molecule has 0 aromatic heterocycles. The molecule has 0 fully saturated rings. The van der Waals surface area contributed by atoms with Crippen molar-refractivity contribution in [1.82, 2.24) is 0 Å². The fourth-order valence-electron chi connectivity index (χ4n) is 2.22. The summed E-state index contributed by atoms with van der Waals surface area (Å²) < 4.78 is 5.96. The van der Waals surface area contributed by atoms with Crippen LogP contribution in [0.1, 0.15) is 12.8 Å². The minimum Gasteiger partial charge on any atom is -0.453 e. The molecule has 17 heavy (non-hydrogen) atoms. The third-order valence-corrected chi connectivity index (χ3v) is 3.11. The van der Waals surface area contributed by atoms with E-state index in [1.807, 2.05) is 18.2 Å². The van der Waals surface area contributed by atoms with E-state index in [9.17, 15) is 0 Å². The van der Waals surface area contributed by atoms with Crippen molar-refractivity contribution in [2.24, 2.45) is 0 Å². The second kappa shape index (κ2) is 4.13. The highest BCUT2D eigenvalue weighted by Crippen LogP contribution is 2.38. The molecular formula is C15H15NO. The lowest BCUT2D eigenvalue weighted by atomic mass is 10.1. The Hall–Kier alpha value is -1.96. The Morgan fingerprint density at radius 1 is 1.06 bits per heavy atom. The largest absolute Gasteiger partial charge is 0.453 e. The van der Waals surface area contributed by atoms with Crippen molar-refractivity contribution >= 4 is 5.69 Å². The summed E-state index contributed by atoms with van der Waals surface area (Å²) in [6.45, 7) is 0. The summed E-state index contributed by atoms with van der Waals surface area (Å²) in [5.74, 6) is 1.90. The Bertz CT molecular complexity index is 525. The van der Waals surface area contributed by atoms with Crippen LogP contribution in [0.2, 0.25) is 0 Å². The van der Waals surface area contributed by atoms with E-state index in [4.69, 9.17) is 4.74 Å². The normalized spacial score (nSPS) is 26.1. The number of anilines is 1. The van der Waals surface area contributed by atoms with E-state index >= 15 is 0 Å². The van der Waals surface area contributed by atoms with Crippen molar-refractivity contribution in [3.8, 4) is 5.75 Å². The van der Waals surface area contributed by atoms with Crippen LogP contribution in [0.3, 0.4) is 0 Å². The lowest BCUT2D eigenvalue weighted by molar-refractivity contribution is 0.419. The Morgan fingerprint density at radius 2 is 1.82 bits per heavy atom. The standard InChI is InChI=1S/C15H15NO/c1-16-12-8-4-2-3-5-10-14(12)17-15-11-7-6-9-13(15)16/h2-3,6-11H,4-5H2,1H3/b3-2-,12-8+,14-10+. The summed E-state index contributed by atoms with van der Waals surface area (Å²) in [5.41, 5.74) is 2.29. The molecule has 0 bridgehead atoms. The van der Waals surface area contributed by atoms with Gasteiger partial charge in [-0.2, -0.15) is 0 Å². The van der Waals surface area contributed by atoms with Crippen LogP contribution in [0.5, 0.6) is 5.75 Å². The number of nitrogens with zero attached hydrogens (tertiary/aromatic N) is 1. The summed E-state index contributed by atoms with van der Waals surface area (Å²) >= 11 is 0. The first kappa shape index (κ1) is 10.2. The van der Waals surface area contributed by atoms with Crippen molar-refractivity contribution in [3.05, 3.63) is 60.0 Å². The van der Waals surface area contributed by atoms with Crippen molar-refractivity contribution in [2.75, 3.05) is 11.9 Å². The molecule has 1 aliphatic heterocycles. The molecule has 2 heteroatoms. The Balaban J connectivity index is 2.10. The zero-order valence-corrected chi connectivity index (χ0v) is 9.89. The Labute approximate surface area is 102 Å². The first-order valence-corrected chi connectivity index (χ1v) is 5.92. The molecule has 0 spiro atoms. The number of likely N-dealkylation sites (N-methyl/N-ethyl adjacent to an activating group) is 1. The van der Waals surface area contributed by atoms with E-state index in [2.05, 4.69) is 42.3 Å². The van der Waals surface area contributed by atoms with Gasteiger partial charge >= 0.3 is 0 Å². The highest BCUT2D eigenvalue weighted by Gasteiger charge is 2.23. The zero-order chi connectivity index (χ0) is 11.7. The van der Waals surface area contributed by atoms with Gasteiger partial charge in [0.05, 0.1) is 11.4 Å². The van der Waals surface area contributed by atoms with Gasteiger partial charge in [-0.3, -0.25) is 0 Å². The molecule has 0 saturated heterocycles. The summed E-state index contributed by atoms with van der Waals surface area (Å²) in [6.07, 6.45) is 10.6. The Kier molecular flexibility index (Phi) is 2.48. The van der Waals surface area contributed by atoms with Crippen LogP contribution in [0.15, 0.2) is 60.0 Å². The molecule has 0 atom stereocenters. The molecule has 1 heterocycles. The summed E-state index contributed by atoms with van der Waals surface area (Å²) in [7, 11) is 2.09. The van der Waals surface area contributed by atoms with Crippen LogP contribution in [-0.4, -0.2) is 7.05 Å². The fraction of sp³-hybridized carbons (Fsp3) is 0.200. The van der Waals surface area contributed by atoms with E-state index in [1.165, 1.54) is 0 Å². The number of benzene rings is 1. The molecule has 0 unspecified atom stereocenters. The summed E-state index contributed by atoms with van der Waals surface area (Å²) in [4.78, 5) is 2.20. The number of rotatable bonds is 0. The van der Waals surface area contributed by atoms with Crippen molar-refractivity contribution in [1.29, 1.82) is 0 Å². The van der Waals surface area contributed by atoms with Crippen LogP contribution in [0.25, 0.3) is 0 Å². The van der Waals surface area contributed by atoms with Crippen molar-refractivity contribution in [3.63, 3.8) is 0 Å². The maximum atomic E-state index is 5.96. The molecule has 86 valence electrons. The van der Waals surface area contributed by atoms with Crippen molar-refractivity contribution in [2.45, 2.75) is 12.8 Å². The molecule has 0 N–H and O–H groups in total. The van der Waals surface area contributed by atoms with E-state index in [0.29, 0.717) is 0 Å². The maximum Gasteiger partial charge on any atom is 0.151 e. The first-order chi connectivity index (χ1) is 8.36. The van der Waals surface area contributed by atoms with E-state index in [0.717, 1.165) is 35.7 Å². The molecule has 1 aromatic carbocycles. The molecule has 3 rings (SSSR count). The second-order valence-corrected chi connectivity index (χ2v) is 4.23. The van der Waals surface area contributed by atoms with Gasteiger partial charge in [0.2, 0.25) is 0 Å². The van der Waals surface area contributed by atoms with Crippen LogP contribution in [-0.2, 0) is 0 Å². The lowest BCUT2D eigenvalue weighted by Crippen LogP contribution is -2.25. The first-order valence-electron chi connectivity index (χ1n) is 5.92. The average Bonchev–Trinajstić information content (AvgIpc) is 2.32. The molecule has 1 aliphatic carbocycles. The molecule has 0 amide bonds. The Morgan fingerprint density at radius 3 is 2.71 bits per heavy atom. The van der Waals surface area contributed by atoms with Gasteiger partial charge in [-0.05, 0) is 31.1 Å². The van der Waals surface area contributed by atoms with Crippen LogP contribution in [0.4, 0.5) is 5.69 Å². The van der Waals surface area contributed by atoms with Gasteiger partial charge in [0.25, 0.3) is 0 Å². The van der Waals surface area contributed by atoms with Gasteiger partial charge in [-0.25, -0.2) is 0 Å². The van der Waals surface area contributed by atoms with E-state index < -0.39 is 0 Å². The SMILES string of the molecule is CN1C2=C/C/C=C\C/C=C\2Oc2ccccc21. The van der Waals surface area contributed by atoms with Gasteiger partial charge in [0.1, 0.15) is 5.76 Å². The van der Waals surface area contributed by atoms with E-state index in [-0.39, 0.29) is 0 Å². The van der Waals surface area contributed by atoms with Gasteiger partial charge in [0.15, 0.2) is 5.75 Å².